The fraction of sp³-hybridized carbons (Fsp3) is 0.200. The van der Waals surface area contributed by atoms with Crippen molar-refractivity contribution in [2.45, 2.75) is 18.4 Å². The van der Waals surface area contributed by atoms with Gasteiger partial charge in [-0.25, -0.2) is 0 Å². The summed E-state index contributed by atoms with van der Waals surface area (Å²) < 4.78 is 5.27. The molecule has 2 heterocycles. The molecule has 0 fully saturated rings. The number of hydrogen-bond donors (Lipinski definition) is 0. The lowest BCUT2D eigenvalue weighted by molar-refractivity contribution is 0.426. The van der Waals surface area contributed by atoms with Crippen molar-refractivity contribution in [3.8, 4) is 10.8 Å². The molecule has 0 bridgehead atoms. The molecular formula is C15H14N2OS2. The lowest BCUT2D eigenvalue weighted by atomic mass is 10.1. The number of nitrogens with zero attached hydrogens (tertiary/aromatic N) is 2. The summed E-state index contributed by atoms with van der Waals surface area (Å²) in [7, 11) is 0. The van der Waals surface area contributed by atoms with Gasteiger partial charge in [-0.3, -0.25) is 0 Å². The van der Waals surface area contributed by atoms with Gasteiger partial charge in [-0.15, -0.1) is 23.1 Å². The maximum atomic E-state index is 5.27. The minimum absolute atomic E-state index is 0.617. The Hall–Kier alpha value is -1.59. The van der Waals surface area contributed by atoms with Crippen molar-refractivity contribution < 1.29 is 4.52 Å². The molecule has 102 valence electrons. The smallest absolute Gasteiger partial charge is 0.268 e. The fourth-order valence-corrected chi connectivity index (χ4v) is 3.43. The Morgan fingerprint density at radius 1 is 1.15 bits per heavy atom. The van der Waals surface area contributed by atoms with Gasteiger partial charge in [0.2, 0.25) is 0 Å². The minimum atomic E-state index is 0.617. The molecule has 0 amide bonds. The maximum Gasteiger partial charge on any atom is 0.268 e. The van der Waals surface area contributed by atoms with Crippen molar-refractivity contribution >= 4 is 23.1 Å². The van der Waals surface area contributed by atoms with Crippen LogP contribution in [0.2, 0.25) is 0 Å². The van der Waals surface area contributed by atoms with Crippen LogP contribution >= 0.6 is 23.1 Å². The van der Waals surface area contributed by atoms with Crippen LogP contribution in [0, 0.1) is 6.92 Å². The lowest BCUT2D eigenvalue weighted by Gasteiger charge is -2.03. The van der Waals surface area contributed by atoms with Crippen molar-refractivity contribution in [1.82, 2.24) is 10.1 Å². The molecule has 3 nitrogen and oxygen atoms in total. The van der Waals surface area contributed by atoms with Gasteiger partial charge in [0.1, 0.15) is 0 Å². The first-order chi connectivity index (χ1) is 9.83. The Kier molecular flexibility index (Phi) is 4.18. The van der Waals surface area contributed by atoms with Crippen molar-refractivity contribution in [2.75, 3.05) is 0 Å². The molecule has 2 aromatic heterocycles. The average Bonchev–Trinajstić information content (AvgIpc) is 3.11. The number of rotatable bonds is 5. The SMILES string of the molecule is Cc1ccccc1CSCc1noc(-c2cccs2)n1. The quantitative estimate of drug-likeness (QED) is 0.693. The summed E-state index contributed by atoms with van der Waals surface area (Å²) in [6.07, 6.45) is 0. The molecular weight excluding hydrogens is 288 g/mol. The van der Waals surface area contributed by atoms with Crippen molar-refractivity contribution in [3.05, 3.63) is 58.7 Å². The molecule has 0 spiro atoms. The van der Waals surface area contributed by atoms with Gasteiger partial charge < -0.3 is 4.52 Å². The number of thiophene rings is 1. The maximum absolute atomic E-state index is 5.27. The van der Waals surface area contributed by atoms with Gasteiger partial charge in [0.15, 0.2) is 5.82 Å². The van der Waals surface area contributed by atoms with E-state index < -0.39 is 0 Å². The lowest BCUT2D eigenvalue weighted by Crippen LogP contribution is -1.88. The van der Waals surface area contributed by atoms with Crippen molar-refractivity contribution in [3.63, 3.8) is 0 Å². The third kappa shape index (κ3) is 3.11. The highest BCUT2D eigenvalue weighted by Gasteiger charge is 2.09. The Bertz CT molecular complexity index is 677. The van der Waals surface area contributed by atoms with E-state index >= 15 is 0 Å². The highest BCUT2D eigenvalue weighted by Crippen LogP contribution is 2.24. The highest BCUT2D eigenvalue weighted by atomic mass is 32.2. The summed E-state index contributed by atoms with van der Waals surface area (Å²) in [6, 6.07) is 12.4. The summed E-state index contributed by atoms with van der Waals surface area (Å²) in [5.74, 6) is 3.11. The second-order valence-electron chi connectivity index (χ2n) is 4.41. The number of aromatic nitrogens is 2. The third-order valence-electron chi connectivity index (χ3n) is 2.95. The molecule has 0 atom stereocenters. The normalized spacial score (nSPS) is 10.8. The van der Waals surface area contributed by atoms with E-state index in [9.17, 15) is 0 Å². The number of hydrogen-bond acceptors (Lipinski definition) is 5. The fourth-order valence-electron chi connectivity index (χ4n) is 1.84. The molecule has 1 aromatic carbocycles. The Labute approximate surface area is 126 Å². The van der Waals surface area contributed by atoms with Crippen LogP contribution in [0.25, 0.3) is 10.8 Å². The van der Waals surface area contributed by atoms with Gasteiger partial charge in [0.05, 0.1) is 10.6 Å². The van der Waals surface area contributed by atoms with Gasteiger partial charge in [-0.05, 0) is 29.5 Å². The molecule has 0 aliphatic heterocycles. The molecule has 0 N–H and O–H groups in total. The first-order valence-electron chi connectivity index (χ1n) is 6.31. The van der Waals surface area contributed by atoms with Gasteiger partial charge in [-0.1, -0.05) is 35.5 Å². The number of aryl methyl sites for hydroxylation is 1. The second-order valence-corrected chi connectivity index (χ2v) is 6.35. The van der Waals surface area contributed by atoms with E-state index in [1.165, 1.54) is 11.1 Å². The van der Waals surface area contributed by atoms with Crippen LogP contribution in [-0.4, -0.2) is 10.1 Å². The second kappa shape index (κ2) is 6.24. The Balaban J connectivity index is 1.58. The standard InChI is InChI=1S/C15H14N2OS2/c1-11-5-2-3-6-12(11)9-19-10-14-16-15(18-17-14)13-7-4-8-20-13/h2-8H,9-10H2,1H3. The zero-order valence-electron chi connectivity index (χ0n) is 11.1. The molecule has 20 heavy (non-hydrogen) atoms. The van der Waals surface area contributed by atoms with E-state index in [1.54, 1.807) is 23.1 Å². The van der Waals surface area contributed by atoms with Crippen LogP contribution in [0.3, 0.4) is 0 Å². The number of benzene rings is 1. The minimum Gasteiger partial charge on any atom is -0.333 e. The largest absolute Gasteiger partial charge is 0.333 e. The van der Waals surface area contributed by atoms with Crippen LogP contribution in [0.15, 0.2) is 46.3 Å². The monoisotopic (exact) mass is 302 g/mol. The molecule has 3 aromatic rings. The molecule has 0 saturated heterocycles. The van der Waals surface area contributed by atoms with E-state index in [0.717, 1.165) is 22.2 Å². The predicted octanol–water partition coefficient (Wildman–Crippen LogP) is 4.54. The first-order valence-corrected chi connectivity index (χ1v) is 8.35. The zero-order valence-corrected chi connectivity index (χ0v) is 12.7. The summed E-state index contributed by atoms with van der Waals surface area (Å²) in [4.78, 5) is 5.44. The van der Waals surface area contributed by atoms with E-state index in [1.807, 2.05) is 17.5 Å². The van der Waals surface area contributed by atoms with Crippen molar-refractivity contribution in [2.24, 2.45) is 0 Å². The van der Waals surface area contributed by atoms with E-state index in [2.05, 4.69) is 41.3 Å². The first kappa shape index (κ1) is 13.4. The third-order valence-corrected chi connectivity index (χ3v) is 4.79. The molecule has 0 unspecified atom stereocenters. The summed E-state index contributed by atoms with van der Waals surface area (Å²) in [6.45, 7) is 2.14. The van der Waals surface area contributed by atoms with Gasteiger partial charge in [-0.2, -0.15) is 4.98 Å². The molecule has 5 heteroatoms. The topological polar surface area (TPSA) is 38.9 Å². The summed E-state index contributed by atoms with van der Waals surface area (Å²) in [5, 5.41) is 6.03. The predicted molar refractivity (Wildman–Crippen MR) is 83.8 cm³/mol. The van der Waals surface area contributed by atoms with Gasteiger partial charge in [0.25, 0.3) is 5.89 Å². The van der Waals surface area contributed by atoms with Crippen LogP contribution in [0.5, 0.6) is 0 Å². The molecule has 3 rings (SSSR count). The zero-order chi connectivity index (χ0) is 13.8. The highest BCUT2D eigenvalue weighted by molar-refractivity contribution is 7.97. The number of thioether (sulfide) groups is 1. The van der Waals surface area contributed by atoms with Gasteiger partial charge >= 0.3 is 0 Å². The van der Waals surface area contributed by atoms with Crippen LogP contribution in [-0.2, 0) is 11.5 Å². The summed E-state index contributed by atoms with van der Waals surface area (Å²) >= 11 is 3.41. The van der Waals surface area contributed by atoms with E-state index in [0.29, 0.717) is 5.89 Å². The van der Waals surface area contributed by atoms with Crippen LogP contribution in [0.1, 0.15) is 17.0 Å². The Morgan fingerprint density at radius 2 is 2.05 bits per heavy atom. The molecule has 0 radical (unpaired) electrons. The summed E-state index contributed by atoms with van der Waals surface area (Å²) in [5.41, 5.74) is 2.69. The van der Waals surface area contributed by atoms with Crippen LogP contribution in [0.4, 0.5) is 0 Å². The molecule has 0 aliphatic rings. The van der Waals surface area contributed by atoms with Crippen molar-refractivity contribution in [1.29, 1.82) is 0 Å². The van der Waals surface area contributed by atoms with E-state index in [-0.39, 0.29) is 0 Å². The molecule has 0 aliphatic carbocycles. The van der Waals surface area contributed by atoms with E-state index in [4.69, 9.17) is 4.52 Å². The Morgan fingerprint density at radius 3 is 2.85 bits per heavy atom. The van der Waals surface area contributed by atoms with Crippen LogP contribution < -0.4 is 0 Å². The molecule has 0 saturated carbocycles. The van der Waals surface area contributed by atoms with Gasteiger partial charge in [0, 0.05) is 5.75 Å². The average molecular weight is 302 g/mol.